The molecule has 2 rings (SSSR count). The van der Waals surface area contributed by atoms with Crippen molar-refractivity contribution in [1.82, 2.24) is 5.43 Å². The summed E-state index contributed by atoms with van der Waals surface area (Å²) >= 11 is 0. The van der Waals surface area contributed by atoms with Gasteiger partial charge in [-0.05, 0) is 56.5 Å². The van der Waals surface area contributed by atoms with Gasteiger partial charge in [0.15, 0.2) is 6.61 Å². The zero-order chi connectivity index (χ0) is 16.8. The van der Waals surface area contributed by atoms with E-state index in [-0.39, 0.29) is 12.5 Å². The van der Waals surface area contributed by atoms with E-state index in [1.165, 1.54) is 5.56 Å². The monoisotopic (exact) mass is 310 g/mol. The molecular weight excluding hydrogens is 288 g/mol. The van der Waals surface area contributed by atoms with Gasteiger partial charge in [0, 0.05) is 5.56 Å². The second kappa shape index (κ2) is 7.58. The average molecular weight is 310 g/mol. The molecule has 0 saturated heterocycles. The van der Waals surface area contributed by atoms with E-state index in [0.29, 0.717) is 5.75 Å². The Hall–Kier alpha value is -2.62. The molecule has 0 saturated carbocycles. The van der Waals surface area contributed by atoms with Crippen LogP contribution in [0.15, 0.2) is 41.5 Å². The molecule has 1 amide bonds. The number of amides is 1. The lowest BCUT2D eigenvalue weighted by molar-refractivity contribution is -0.123. The summed E-state index contributed by atoms with van der Waals surface area (Å²) < 4.78 is 5.43. The summed E-state index contributed by atoms with van der Waals surface area (Å²) in [6.07, 6.45) is 1.68. The molecule has 23 heavy (non-hydrogen) atoms. The Bertz CT molecular complexity index is 713. The normalized spacial score (nSPS) is 10.8. The first kappa shape index (κ1) is 16.7. The van der Waals surface area contributed by atoms with Crippen LogP contribution in [0.5, 0.6) is 5.75 Å². The van der Waals surface area contributed by atoms with Crippen molar-refractivity contribution in [2.75, 3.05) is 6.61 Å². The Kier molecular flexibility index (Phi) is 5.52. The highest BCUT2D eigenvalue weighted by atomic mass is 16.5. The van der Waals surface area contributed by atoms with Crippen LogP contribution < -0.4 is 10.2 Å². The first-order valence-corrected chi connectivity index (χ1v) is 7.55. The molecule has 0 aliphatic carbocycles. The Morgan fingerprint density at radius 3 is 2.43 bits per heavy atom. The molecule has 1 N–H and O–H groups in total. The van der Waals surface area contributed by atoms with Crippen LogP contribution >= 0.6 is 0 Å². The Morgan fingerprint density at radius 1 is 1.09 bits per heavy atom. The van der Waals surface area contributed by atoms with Crippen LogP contribution in [0.3, 0.4) is 0 Å². The van der Waals surface area contributed by atoms with Gasteiger partial charge in [-0.3, -0.25) is 4.79 Å². The van der Waals surface area contributed by atoms with Gasteiger partial charge in [-0.15, -0.1) is 0 Å². The van der Waals surface area contributed by atoms with Gasteiger partial charge in [0.1, 0.15) is 5.75 Å². The summed E-state index contributed by atoms with van der Waals surface area (Å²) in [6.45, 7) is 8.04. The molecule has 0 unspecified atom stereocenters. The summed E-state index contributed by atoms with van der Waals surface area (Å²) in [6, 6.07) is 11.8. The third kappa shape index (κ3) is 4.95. The second-order valence-electron chi connectivity index (χ2n) is 5.71. The van der Waals surface area contributed by atoms with E-state index >= 15 is 0 Å². The Labute approximate surface area is 137 Å². The van der Waals surface area contributed by atoms with Gasteiger partial charge in [-0.2, -0.15) is 5.10 Å². The minimum atomic E-state index is -0.287. The number of carbonyl (C=O) groups is 1. The summed E-state index contributed by atoms with van der Waals surface area (Å²) in [5, 5.41) is 4.02. The first-order valence-electron chi connectivity index (χ1n) is 7.55. The van der Waals surface area contributed by atoms with Gasteiger partial charge in [-0.1, -0.05) is 29.8 Å². The molecule has 0 fully saturated rings. The minimum absolute atomic E-state index is 0.0628. The number of hydrazone groups is 1. The first-order chi connectivity index (χ1) is 11.0. The van der Waals surface area contributed by atoms with E-state index in [1.54, 1.807) is 6.21 Å². The largest absolute Gasteiger partial charge is 0.484 e. The lowest BCUT2D eigenvalue weighted by Gasteiger charge is -2.07. The van der Waals surface area contributed by atoms with E-state index in [0.717, 1.165) is 22.3 Å². The highest BCUT2D eigenvalue weighted by Crippen LogP contribution is 2.14. The molecule has 0 aliphatic rings. The predicted molar refractivity (Wildman–Crippen MR) is 93.1 cm³/mol. The molecule has 0 bridgehead atoms. The fourth-order valence-electron chi connectivity index (χ4n) is 2.45. The second-order valence-corrected chi connectivity index (χ2v) is 5.71. The SMILES string of the molecule is Cc1cccc(OCC(=O)N/N=C\c2c(C)cc(C)cc2C)c1. The van der Waals surface area contributed by atoms with Crippen LogP contribution in [-0.4, -0.2) is 18.7 Å². The third-order valence-electron chi connectivity index (χ3n) is 3.48. The van der Waals surface area contributed by atoms with E-state index in [9.17, 15) is 4.79 Å². The van der Waals surface area contributed by atoms with E-state index in [4.69, 9.17) is 4.74 Å². The van der Waals surface area contributed by atoms with Crippen molar-refractivity contribution in [2.24, 2.45) is 5.10 Å². The molecule has 2 aromatic rings. The number of carbonyl (C=O) groups excluding carboxylic acids is 1. The maximum atomic E-state index is 11.8. The number of hydrogen-bond acceptors (Lipinski definition) is 3. The molecule has 0 aliphatic heterocycles. The molecule has 0 atom stereocenters. The van der Waals surface area contributed by atoms with Gasteiger partial charge >= 0.3 is 0 Å². The van der Waals surface area contributed by atoms with Gasteiger partial charge in [0.25, 0.3) is 5.91 Å². The molecule has 0 aromatic heterocycles. The van der Waals surface area contributed by atoms with E-state index in [1.807, 2.05) is 45.0 Å². The highest BCUT2D eigenvalue weighted by Gasteiger charge is 2.03. The molecule has 0 radical (unpaired) electrons. The molecular formula is C19H22N2O2. The molecule has 0 heterocycles. The lowest BCUT2D eigenvalue weighted by atomic mass is 10.0. The Balaban J connectivity index is 1.89. The fourth-order valence-corrected chi connectivity index (χ4v) is 2.45. The van der Waals surface area contributed by atoms with Crippen molar-refractivity contribution in [1.29, 1.82) is 0 Å². The smallest absolute Gasteiger partial charge is 0.277 e. The van der Waals surface area contributed by atoms with Crippen LogP contribution in [0.4, 0.5) is 0 Å². The van der Waals surface area contributed by atoms with Crippen molar-refractivity contribution in [3.05, 3.63) is 64.2 Å². The third-order valence-corrected chi connectivity index (χ3v) is 3.48. The number of nitrogens with zero attached hydrogens (tertiary/aromatic N) is 1. The average Bonchev–Trinajstić information content (AvgIpc) is 2.48. The zero-order valence-corrected chi connectivity index (χ0v) is 14.0. The van der Waals surface area contributed by atoms with Crippen molar-refractivity contribution in [3.63, 3.8) is 0 Å². The number of nitrogens with one attached hydrogen (secondary N) is 1. The van der Waals surface area contributed by atoms with Crippen LogP contribution in [-0.2, 0) is 4.79 Å². The molecule has 2 aromatic carbocycles. The number of rotatable bonds is 5. The predicted octanol–water partition coefficient (Wildman–Crippen LogP) is 3.45. The van der Waals surface area contributed by atoms with Gasteiger partial charge in [0.2, 0.25) is 0 Å². The van der Waals surface area contributed by atoms with Crippen molar-refractivity contribution < 1.29 is 9.53 Å². The summed E-state index contributed by atoms with van der Waals surface area (Å²) in [5.41, 5.74) is 8.09. The summed E-state index contributed by atoms with van der Waals surface area (Å²) in [7, 11) is 0. The summed E-state index contributed by atoms with van der Waals surface area (Å²) in [5.74, 6) is 0.388. The van der Waals surface area contributed by atoms with Gasteiger partial charge in [0.05, 0.1) is 6.21 Å². The minimum Gasteiger partial charge on any atom is -0.484 e. The maximum absolute atomic E-state index is 11.8. The summed E-state index contributed by atoms with van der Waals surface area (Å²) in [4.78, 5) is 11.8. The standard InChI is InChI=1S/C19H22N2O2/c1-13-6-5-7-17(10-13)23-12-19(22)21-20-11-18-15(3)8-14(2)9-16(18)4/h5-11H,12H2,1-4H3,(H,21,22)/b20-11-. The maximum Gasteiger partial charge on any atom is 0.277 e. The van der Waals surface area contributed by atoms with E-state index in [2.05, 4.69) is 29.6 Å². The van der Waals surface area contributed by atoms with Crippen molar-refractivity contribution >= 4 is 12.1 Å². The molecule has 4 nitrogen and oxygen atoms in total. The zero-order valence-electron chi connectivity index (χ0n) is 14.0. The number of hydrogen-bond donors (Lipinski definition) is 1. The highest BCUT2D eigenvalue weighted by molar-refractivity contribution is 5.85. The molecule has 120 valence electrons. The fraction of sp³-hybridized carbons (Fsp3) is 0.263. The van der Waals surface area contributed by atoms with Gasteiger partial charge in [-0.25, -0.2) is 5.43 Å². The molecule has 0 spiro atoms. The quantitative estimate of drug-likeness (QED) is 0.679. The van der Waals surface area contributed by atoms with Crippen LogP contribution in [0.25, 0.3) is 0 Å². The number of ether oxygens (including phenoxy) is 1. The topological polar surface area (TPSA) is 50.7 Å². The van der Waals surface area contributed by atoms with Crippen LogP contribution in [0.1, 0.15) is 27.8 Å². The Morgan fingerprint density at radius 2 is 1.78 bits per heavy atom. The number of benzene rings is 2. The van der Waals surface area contributed by atoms with Crippen molar-refractivity contribution in [2.45, 2.75) is 27.7 Å². The van der Waals surface area contributed by atoms with Crippen LogP contribution in [0.2, 0.25) is 0 Å². The van der Waals surface area contributed by atoms with Gasteiger partial charge < -0.3 is 4.74 Å². The van der Waals surface area contributed by atoms with E-state index < -0.39 is 0 Å². The lowest BCUT2D eigenvalue weighted by Crippen LogP contribution is -2.24. The van der Waals surface area contributed by atoms with Crippen LogP contribution in [0, 0.1) is 27.7 Å². The van der Waals surface area contributed by atoms with Crippen molar-refractivity contribution in [3.8, 4) is 5.75 Å². The molecule has 4 heteroatoms. The number of aryl methyl sites for hydroxylation is 4.